The molecule has 0 unspecified atom stereocenters. The molecule has 1 N–H and O–H groups in total. The molecule has 3 rings (SSSR count). The molecule has 1 spiro atoms. The number of hydrogen-bond donors (Lipinski definition) is 1. The fraction of sp³-hybridized carbons (Fsp3) is 0.846. The second kappa shape index (κ2) is 5.11. The molecular weight excluding hydrogens is 246 g/mol. The molecule has 0 aromatic carbocycles. The quantitative estimate of drug-likeness (QED) is 0.827. The van der Waals surface area contributed by atoms with Gasteiger partial charge in [-0.1, -0.05) is 24.6 Å². The molecule has 3 aliphatic rings. The van der Waals surface area contributed by atoms with E-state index in [4.69, 9.17) is 0 Å². The van der Waals surface area contributed by atoms with Gasteiger partial charge < -0.3 is 10.2 Å². The second-order valence-corrected chi connectivity index (χ2v) is 6.57. The summed E-state index contributed by atoms with van der Waals surface area (Å²) in [7, 11) is 0. The molecule has 2 heterocycles. The Labute approximate surface area is 113 Å². The highest BCUT2D eigenvalue weighted by molar-refractivity contribution is 8.14. The summed E-state index contributed by atoms with van der Waals surface area (Å²) in [6, 6.07) is 0. The third-order valence-corrected chi connectivity index (χ3v) is 5.44. The Morgan fingerprint density at radius 1 is 1.28 bits per heavy atom. The topological polar surface area (TPSA) is 44.7 Å². The number of likely N-dealkylation sites (tertiary alicyclic amines) is 1. The molecule has 2 saturated heterocycles. The highest BCUT2D eigenvalue weighted by Gasteiger charge is 2.39. The maximum Gasteiger partial charge on any atom is 0.244 e. The van der Waals surface area contributed by atoms with Crippen LogP contribution in [-0.2, 0) is 4.79 Å². The van der Waals surface area contributed by atoms with Crippen LogP contribution in [0.15, 0.2) is 4.99 Å². The van der Waals surface area contributed by atoms with Crippen molar-refractivity contribution < 1.29 is 4.79 Å². The third kappa shape index (κ3) is 2.51. The van der Waals surface area contributed by atoms with Crippen LogP contribution in [0.25, 0.3) is 0 Å². The lowest BCUT2D eigenvalue weighted by atomic mass is 10.0. The summed E-state index contributed by atoms with van der Waals surface area (Å²) in [5.41, 5.74) is 0.306. The smallest absolute Gasteiger partial charge is 0.244 e. The maximum absolute atomic E-state index is 11.9. The molecule has 0 aromatic heterocycles. The van der Waals surface area contributed by atoms with E-state index in [1.54, 1.807) is 11.8 Å². The number of carbonyl (C=O) groups excluding carboxylic acids is 1. The van der Waals surface area contributed by atoms with E-state index >= 15 is 0 Å². The van der Waals surface area contributed by atoms with Crippen molar-refractivity contribution in [2.24, 2.45) is 4.99 Å². The van der Waals surface area contributed by atoms with Gasteiger partial charge in [0.25, 0.3) is 0 Å². The zero-order valence-corrected chi connectivity index (χ0v) is 11.6. The molecule has 1 aliphatic carbocycles. The average Bonchev–Trinajstić information content (AvgIpc) is 3.09. The van der Waals surface area contributed by atoms with Crippen molar-refractivity contribution in [2.45, 2.75) is 44.1 Å². The lowest BCUT2D eigenvalue weighted by molar-refractivity contribution is -0.128. The van der Waals surface area contributed by atoms with Gasteiger partial charge in [-0.2, -0.15) is 0 Å². The van der Waals surface area contributed by atoms with E-state index in [1.165, 1.54) is 25.7 Å². The predicted octanol–water partition coefficient (Wildman–Crippen LogP) is 1.61. The van der Waals surface area contributed by atoms with Crippen LogP contribution in [0.2, 0.25) is 0 Å². The fourth-order valence-corrected chi connectivity index (χ4v) is 4.34. The summed E-state index contributed by atoms with van der Waals surface area (Å²) < 4.78 is 0. The van der Waals surface area contributed by atoms with Crippen molar-refractivity contribution >= 4 is 22.8 Å². The monoisotopic (exact) mass is 267 g/mol. The zero-order valence-electron chi connectivity index (χ0n) is 10.8. The Morgan fingerprint density at radius 2 is 2.00 bits per heavy atom. The molecule has 0 bridgehead atoms. The van der Waals surface area contributed by atoms with Crippen LogP contribution in [-0.4, -0.2) is 46.9 Å². The van der Waals surface area contributed by atoms with Crippen LogP contribution in [0.1, 0.15) is 38.5 Å². The lowest BCUT2D eigenvalue weighted by Gasteiger charge is -2.21. The normalized spacial score (nSPS) is 28.2. The van der Waals surface area contributed by atoms with Crippen molar-refractivity contribution in [2.75, 3.05) is 25.4 Å². The van der Waals surface area contributed by atoms with Gasteiger partial charge in [0.2, 0.25) is 5.91 Å². The predicted molar refractivity (Wildman–Crippen MR) is 74.9 cm³/mol. The Bertz CT molecular complexity index is 357. The minimum atomic E-state index is 0.190. The van der Waals surface area contributed by atoms with Crippen molar-refractivity contribution in [1.82, 2.24) is 10.2 Å². The van der Waals surface area contributed by atoms with E-state index < -0.39 is 0 Å². The largest absolute Gasteiger partial charge is 0.359 e. The summed E-state index contributed by atoms with van der Waals surface area (Å²) in [6.45, 7) is 2.17. The highest BCUT2D eigenvalue weighted by Crippen LogP contribution is 2.37. The van der Waals surface area contributed by atoms with Gasteiger partial charge in [0, 0.05) is 24.4 Å². The van der Waals surface area contributed by atoms with E-state index in [-0.39, 0.29) is 5.91 Å². The lowest BCUT2D eigenvalue weighted by Crippen LogP contribution is -2.41. The number of aliphatic imine (C=N–C) groups is 1. The number of carbonyl (C=O) groups is 1. The molecule has 0 radical (unpaired) electrons. The van der Waals surface area contributed by atoms with Gasteiger partial charge in [-0.25, -0.2) is 0 Å². The standard InChI is InChI=1S/C13H21N3OS/c17-11(16-7-3-4-8-16)9-14-12-15-13(10-18-12)5-1-2-6-13/h1-10H2,(H,14,15). The van der Waals surface area contributed by atoms with E-state index in [0.717, 1.165) is 36.9 Å². The first-order chi connectivity index (χ1) is 8.77. The molecule has 18 heavy (non-hydrogen) atoms. The van der Waals surface area contributed by atoms with Gasteiger partial charge in [0.05, 0.1) is 0 Å². The number of hydrogen-bond acceptors (Lipinski definition) is 3. The van der Waals surface area contributed by atoms with E-state index in [1.807, 2.05) is 4.90 Å². The molecule has 0 aromatic rings. The minimum Gasteiger partial charge on any atom is -0.359 e. The van der Waals surface area contributed by atoms with Crippen LogP contribution in [0.5, 0.6) is 0 Å². The number of thioether (sulfide) groups is 1. The molecule has 1 amide bonds. The van der Waals surface area contributed by atoms with Crippen molar-refractivity contribution in [3.8, 4) is 0 Å². The van der Waals surface area contributed by atoms with Gasteiger partial charge in [0.15, 0.2) is 5.17 Å². The molecule has 100 valence electrons. The Balaban J connectivity index is 1.52. The van der Waals surface area contributed by atoms with Gasteiger partial charge in [-0.05, 0) is 25.7 Å². The van der Waals surface area contributed by atoms with E-state index in [9.17, 15) is 4.79 Å². The van der Waals surface area contributed by atoms with E-state index in [0.29, 0.717) is 12.1 Å². The van der Waals surface area contributed by atoms with Crippen molar-refractivity contribution in [1.29, 1.82) is 0 Å². The number of amidine groups is 1. The van der Waals surface area contributed by atoms with Gasteiger partial charge in [-0.15, -0.1) is 0 Å². The third-order valence-electron chi connectivity index (χ3n) is 4.23. The number of rotatable bonds is 2. The van der Waals surface area contributed by atoms with Crippen LogP contribution in [0.4, 0.5) is 0 Å². The van der Waals surface area contributed by atoms with Gasteiger partial charge in [-0.3, -0.25) is 9.79 Å². The van der Waals surface area contributed by atoms with Crippen LogP contribution in [0.3, 0.4) is 0 Å². The molecule has 1 saturated carbocycles. The number of nitrogens with one attached hydrogen (secondary N) is 1. The summed E-state index contributed by atoms with van der Waals surface area (Å²) in [4.78, 5) is 18.3. The molecular formula is C13H21N3OS. The first-order valence-electron chi connectivity index (χ1n) is 7.01. The second-order valence-electron chi connectivity index (χ2n) is 5.61. The Morgan fingerprint density at radius 3 is 2.72 bits per heavy atom. The van der Waals surface area contributed by atoms with Crippen LogP contribution < -0.4 is 5.32 Å². The summed E-state index contributed by atoms with van der Waals surface area (Å²) in [6.07, 6.45) is 7.48. The Hall–Kier alpha value is -0.710. The Kier molecular flexibility index (Phi) is 3.50. The first-order valence-corrected chi connectivity index (χ1v) is 7.99. The van der Waals surface area contributed by atoms with Crippen molar-refractivity contribution in [3.63, 3.8) is 0 Å². The summed E-state index contributed by atoms with van der Waals surface area (Å²) >= 11 is 1.79. The zero-order chi connectivity index (χ0) is 12.4. The van der Waals surface area contributed by atoms with Gasteiger partial charge in [0.1, 0.15) is 6.54 Å². The van der Waals surface area contributed by atoms with Crippen LogP contribution >= 0.6 is 11.8 Å². The molecule has 5 heteroatoms. The van der Waals surface area contributed by atoms with Crippen molar-refractivity contribution in [3.05, 3.63) is 0 Å². The summed E-state index contributed by atoms with van der Waals surface area (Å²) in [5.74, 6) is 1.32. The molecule has 3 fully saturated rings. The highest BCUT2D eigenvalue weighted by atomic mass is 32.2. The maximum atomic E-state index is 11.9. The first kappa shape index (κ1) is 12.3. The van der Waals surface area contributed by atoms with Crippen LogP contribution in [0, 0.1) is 0 Å². The molecule has 0 atom stereocenters. The average molecular weight is 267 g/mol. The molecule has 2 aliphatic heterocycles. The fourth-order valence-electron chi connectivity index (χ4n) is 3.12. The van der Waals surface area contributed by atoms with Gasteiger partial charge >= 0.3 is 0 Å². The number of amides is 1. The molecule has 4 nitrogen and oxygen atoms in total. The minimum absolute atomic E-state index is 0.190. The van der Waals surface area contributed by atoms with E-state index in [2.05, 4.69) is 10.3 Å². The summed E-state index contributed by atoms with van der Waals surface area (Å²) in [5, 5.41) is 4.54. The number of nitrogens with zero attached hydrogens (tertiary/aromatic N) is 2. The SMILES string of the molecule is O=C(CN=C1NC2(CCCC2)CS1)N1CCCC1.